The molecule has 0 bridgehead atoms. The van der Waals surface area contributed by atoms with Crippen molar-refractivity contribution < 1.29 is 14.3 Å². The number of carbonyl (C=O) groups excluding carboxylic acids is 1. The molecule has 0 spiro atoms. The Labute approximate surface area is 91.4 Å². The highest BCUT2D eigenvalue weighted by molar-refractivity contribution is 5.87. The van der Waals surface area contributed by atoms with Crippen LogP contribution in [0.15, 0.2) is 12.2 Å². The van der Waals surface area contributed by atoms with Gasteiger partial charge in [-0.3, -0.25) is 0 Å². The van der Waals surface area contributed by atoms with Crippen LogP contribution in [0.5, 0.6) is 0 Å². The van der Waals surface area contributed by atoms with Crippen molar-refractivity contribution in [3.8, 4) is 0 Å². The van der Waals surface area contributed by atoms with Crippen molar-refractivity contribution in [3.05, 3.63) is 12.2 Å². The Kier molecular flexibility index (Phi) is 3.55. The lowest BCUT2D eigenvalue weighted by Gasteiger charge is -2.48. The van der Waals surface area contributed by atoms with E-state index in [0.29, 0.717) is 24.7 Å². The number of hydrogen-bond acceptors (Lipinski definition) is 3. The number of carbonyl (C=O) groups is 1. The highest BCUT2D eigenvalue weighted by atomic mass is 16.6. The van der Waals surface area contributed by atoms with E-state index in [1.807, 2.05) is 6.92 Å². The predicted octanol–water partition coefficient (Wildman–Crippen LogP) is 2.17. The number of rotatable bonds is 4. The van der Waals surface area contributed by atoms with E-state index < -0.39 is 0 Å². The molecule has 1 atom stereocenters. The van der Waals surface area contributed by atoms with E-state index in [-0.39, 0.29) is 17.5 Å². The van der Waals surface area contributed by atoms with Gasteiger partial charge in [0.05, 0.1) is 18.6 Å². The number of ether oxygens (including phenoxy) is 2. The molecule has 1 heterocycles. The SMILES string of the molecule is C=C(C)C(=O)OC(C)C1(C(C)C)COC1. The van der Waals surface area contributed by atoms with Crippen LogP contribution in [0.4, 0.5) is 0 Å². The molecule has 0 amide bonds. The summed E-state index contributed by atoms with van der Waals surface area (Å²) in [6.07, 6.45) is -0.115. The summed E-state index contributed by atoms with van der Waals surface area (Å²) in [6.45, 7) is 12.8. The topological polar surface area (TPSA) is 35.5 Å². The Bertz CT molecular complexity index is 264. The molecule has 15 heavy (non-hydrogen) atoms. The van der Waals surface area contributed by atoms with Crippen LogP contribution in [0.2, 0.25) is 0 Å². The first-order valence-electron chi connectivity index (χ1n) is 5.34. The van der Waals surface area contributed by atoms with Gasteiger partial charge in [-0.15, -0.1) is 0 Å². The zero-order valence-corrected chi connectivity index (χ0v) is 10.0. The smallest absolute Gasteiger partial charge is 0.333 e. The van der Waals surface area contributed by atoms with Crippen LogP contribution < -0.4 is 0 Å². The van der Waals surface area contributed by atoms with Crippen molar-refractivity contribution in [2.45, 2.75) is 33.8 Å². The first kappa shape index (κ1) is 12.2. The van der Waals surface area contributed by atoms with Crippen LogP contribution in [-0.4, -0.2) is 25.3 Å². The second-order valence-electron chi connectivity index (χ2n) is 4.71. The molecule has 0 aromatic heterocycles. The molecule has 1 fully saturated rings. The van der Waals surface area contributed by atoms with Crippen LogP contribution in [-0.2, 0) is 14.3 Å². The normalized spacial score (nSPS) is 20.6. The van der Waals surface area contributed by atoms with Crippen molar-refractivity contribution in [1.29, 1.82) is 0 Å². The average Bonchev–Trinajstić information content (AvgIpc) is 2.00. The Morgan fingerprint density at radius 3 is 2.20 bits per heavy atom. The summed E-state index contributed by atoms with van der Waals surface area (Å²) in [4.78, 5) is 11.4. The summed E-state index contributed by atoms with van der Waals surface area (Å²) in [5.74, 6) is 0.133. The summed E-state index contributed by atoms with van der Waals surface area (Å²) in [5.41, 5.74) is 0.437. The van der Waals surface area contributed by atoms with Crippen molar-refractivity contribution >= 4 is 5.97 Å². The molecule has 0 N–H and O–H groups in total. The maximum atomic E-state index is 11.4. The molecule has 0 aromatic rings. The maximum Gasteiger partial charge on any atom is 0.333 e. The third kappa shape index (κ3) is 2.23. The van der Waals surface area contributed by atoms with Gasteiger partial charge in [-0.1, -0.05) is 20.4 Å². The summed E-state index contributed by atoms with van der Waals surface area (Å²) in [6, 6.07) is 0. The van der Waals surface area contributed by atoms with Crippen LogP contribution >= 0.6 is 0 Å². The highest BCUT2D eigenvalue weighted by Gasteiger charge is 2.48. The lowest BCUT2D eigenvalue weighted by atomic mass is 9.71. The zero-order valence-electron chi connectivity index (χ0n) is 10.0. The van der Waals surface area contributed by atoms with Gasteiger partial charge in [0.1, 0.15) is 6.10 Å². The lowest BCUT2D eigenvalue weighted by molar-refractivity contribution is -0.205. The minimum Gasteiger partial charge on any atom is -0.459 e. The molecular formula is C12H20O3. The van der Waals surface area contributed by atoms with Gasteiger partial charge in [0.25, 0.3) is 0 Å². The van der Waals surface area contributed by atoms with Crippen molar-refractivity contribution in [3.63, 3.8) is 0 Å². The summed E-state index contributed by atoms with van der Waals surface area (Å²) in [5, 5.41) is 0. The molecule has 1 unspecified atom stereocenters. The van der Waals surface area contributed by atoms with E-state index in [0.717, 1.165) is 0 Å². The summed E-state index contributed by atoms with van der Waals surface area (Å²) in [7, 11) is 0. The van der Waals surface area contributed by atoms with Gasteiger partial charge in [0.15, 0.2) is 0 Å². The third-order valence-electron chi connectivity index (χ3n) is 3.33. The van der Waals surface area contributed by atoms with Crippen LogP contribution in [0.3, 0.4) is 0 Å². The molecule has 86 valence electrons. The first-order chi connectivity index (χ1) is 6.90. The van der Waals surface area contributed by atoms with Gasteiger partial charge in [0.2, 0.25) is 0 Å². The minimum absolute atomic E-state index is 0.00882. The van der Waals surface area contributed by atoms with E-state index in [1.165, 1.54) is 0 Å². The van der Waals surface area contributed by atoms with E-state index in [2.05, 4.69) is 20.4 Å². The molecule has 0 radical (unpaired) electrons. The Morgan fingerprint density at radius 1 is 1.40 bits per heavy atom. The highest BCUT2D eigenvalue weighted by Crippen LogP contribution is 2.40. The molecule has 1 aliphatic heterocycles. The third-order valence-corrected chi connectivity index (χ3v) is 3.33. The molecule has 1 aliphatic rings. The molecule has 0 saturated carbocycles. The lowest BCUT2D eigenvalue weighted by Crippen LogP contribution is -2.55. The monoisotopic (exact) mass is 212 g/mol. The quantitative estimate of drug-likeness (QED) is 0.529. The van der Waals surface area contributed by atoms with Gasteiger partial charge >= 0.3 is 5.97 Å². The maximum absolute atomic E-state index is 11.4. The molecule has 0 aromatic carbocycles. The van der Waals surface area contributed by atoms with Crippen molar-refractivity contribution in [2.24, 2.45) is 11.3 Å². The minimum atomic E-state index is -0.311. The Morgan fingerprint density at radius 2 is 1.93 bits per heavy atom. The molecule has 3 nitrogen and oxygen atoms in total. The van der Waals surface area contributed by atoms with Gasteiger partial charge in [-0.25, -0.2) is 4.79 Å². The molecular weight excluding hydrogens is 192 g/mol. The number of hydrogen-bond donors (Lipinski definition) is 0. The fourth-order valence-electron chi connectivity index (χ4n) is 1.75. The summed E-state index contributed by atoms with van der Waals surface area (Å²) >= 11 is 0. The predicted molar refractivity (Wildman–Crippen MR) is 58.5 cm³/mol. The first-order valence-corrected chi connectivity index (χ1v) is 5.34. The Hall–Kier alpha value is -0.830. The van der Waals surface area contributed by atoms with Gasteiger partial charge in [-0.05, 0) is 19.8 Å². The second-order valence-corrected chi connectivity index (χ2v) is 4.71. The van der Waals surface area contributed by atoms with Crippen molar-refractivity contribution in [1.82, 2.24) is 0 Å². The van der Waals surface area contributed by atoms with Crippen LogP contribution in [0.1, 0.15) is 27.7 Å². The largest absolute Gasteiger partial charge is 0.459 e. The molecule has 3 heteroatoms. The van der Waals surface area contributed by atoms with Crippen molar-refractivity contribution in [2.75, 3.05) is 13.2 Å². The van der Waals surface area contributed by atoms with Gasteiger partial charge < -0.3 is 9.47 Å². The summed E-state index contributed by atoms with van der Waals surface area (Å²) < 4.78 is 10.6. The fourth-order valence-corrected chi connectivity index (χ4v) is 1.75. The van der Waals surface area contributed by atoms with E-state index >= 15 is 0 Å². The zero-order chi connectivity index (χ0) is 11.6. The fraction of sp³-hybridized carbons (Fsp3) is 0.750. The molecule has 1 rings (SSSR count). The second kappa shape index (κ2) is 4.35. The average molecular weight is 212 g/mol. The van der Waals surface area contributed by atoms with E-state index in [4.69, 9.17) is 9.47 Å². The molecule has 0 aliphatic carbocycles. The Balaban J connectivity index is 2.62. The van der Waals surface area contributed by atoms with E-state index in [9.17, 15) is 4.79 Å². The van der Waals surface area contributed by atoms with Crippen LogP contribution in [0, 0.1) is 11.3 Å². The molecule has 1 saturated heterocycles. The standard InChI is InChI=1S/C12H20O3/c1-8(2)11(13)15-10(5)12(9(3)4)6-14-7-12/h9-10H,1,6-7H2,2-5H3. The number of esters is 1. The van der Waals surface area contributed by atoms with Crippen LogP contribution in [0.25, 0.3) is 0 Å². The van der Waals surface area contributed by atoms with E-state index in [1.54, 1.807) is 6.92 Å². The van der Waals surface area contributed by atoms with Gasteiger partial charge in [-0.2, -0.15) is 0 Å². The van der Waals surface area contributed by atoms with Gasteiger partial charge in [0, 0.05) is 5.57 Å².